The van der Waals surface area contributed by atoms with Crippen LogP contribution in [0.25, 0.3) is 16.5 Å². The lowest BCUT2D eigenvalue weighted by Gasteiger charge is -2.26. The van der Waals surface area contributed by atoms with Crippen molar-refractivity contribution in [2.45, 2.75) is 11.3 Å². The number of fused-ring (bicyclic) bond motifs is 1. The fourth-order valence-electron chi connectivity index (χ4n) is 3.47. The average Bonchev–Trinajstić information content (AvgIpc) is 2.99. The molecule has 2 heterocycles. The number of benzene rings is 2. The predicted octanol–water partition coefficient (Wildman–Crippen LogP) is 4.31. The van der Waals surface area contributed by atoms with Crippen LogP contribution in [-0.2, 0) is 17.1 Å². The Bertz CT molecular complexity index is 1100. The van der Waals surface area contributed by atoms with Gasteiger partial charge in [0.15, 0.2) is 0 Å². The maximum atomic E-state index is 12.8. The molecule has 0 aliphatic carbocycles. The topological polar surface area (TPSA) is 42.3 Å². The number of sulfonamides is 1. The fourth-order valence-corrected chi connectivity index (χ4v) is 4.97. The standard InChI is InChI=1S/C20H19ClN2O2S/c1-22-14-19(18-4-2-3-5-20(18)22)15-10-12-23(13-11-15)26(24,25)17-8-6-16(21)7-9-17/h2-10,14H,11-13H2,1H3. The monoisotopic (exact) mass is 386 g/mol. The molecule has 2 aromatic carbocycles. The molecule has 26 heavy (non-hydrogen) atoms. The summed E-state index contributed by atoms with van der Waals surface area (Å²) in [5, 5.41) is 1.73. The Balaban J connectivity index is 1.63. The lowest BCUT2D eigenvalue weighted by molar-refractivity contribution is 0.441. The molecular formula is C20H19ClN2O2S. The summed E-state index contributed by atoms with van der Waals surface area (Å²) in [5.41, 5.74) is 3.57. The van der Waals surface area contributed by atoms with Gasteiger partial charge in [-0.05, 0) is 42.3 Å². The third-order valence-electron chi connectivity index (χ3n) is 4.87. The molecule has 1 aliphatic heterocycles. The average molecular weight is 387 g/mol. The molecule has 1 aromatic heterocycles. The first-order chi connectivity index (χ1) is 12.5. The van der Waals surface area contributed by atoms with Crippen LogP contribution in [0.5, 0.6) is 0 Å². The van der Waals surface area contributed by atoms with Gasteiger partial charge in [0.25, 0.3) is 0 Å². The lowest BCUT2D eigenvalue weighted by atomic mass is 10.00. The van der Waals surface area contributed by atoms with Gasteiger partial charge in [-0.3, -0.25) is 0 Å². The van der Waals surface area contributed by atoms with E-state index in [0.717, 1.165) is 0 Å². The molecule has 134 valence electrons. The van der Waals surface area contributed by atoms with Crippen LogP contribution in [0, 0.1) is 0 Å². The maximum Gasteiger partial charge on any atom is 0.243 e. The number of rotatable bonds is 3. The Labute approximate surface area is 158 Å². The first kappa shape index (κ1) is 17.3. The lowest BCUT2D eigenvalue weighted by Crippen LogP contribution is -2.34. The molecule has 0 N–H and O–H groups in total. The third kappa shape index (κ3) is 2.96. The van der Waals surface area contributed by atoms with Crippen molar-refractivity contribution in [3.8, 4) is 0 Å². The highest BCUT2D eigenvalue weighted by Crippen LogP contribution is 2.32. The second kappa shape index (κ2) is 6.58. The molecule has 0 atom stereocenters. The van der Waals surface area contributed by atoms with E-state index in [4.69, 9.17) is 11.6 Å². The fraction of sp³-hybridized carbons (Fsp3) is 0.200. The van der Waals surface area contributed by atoms with Crippen LogP contribution in [0.3, 0.4) is 0 Å². The van der Waals surface area contributed by atoms with E-state index < -0.39 is 10.0 Å². The maximum absolute atomic E-state index is 12.8. The van der Waals surface area contributed by atoms with Crippen LogP contribution in [0.15, 0.2) is 65.7 Å². The first-order valence-electron chi connectivity index (χ1n) is 8.46. The van der Waals surface area contributed by atoms with Gasteiger partial charge in [-0.25, -0.2) is 8.42 Å². The highest BCUT2D eigenvalue weighted by Gasteiger charge is 2.27. The first-order valence-corrected chi connectivity index (χ1v) is 10.3. The zero-order valence-electron chi connectivity index (χ0n) is 14.4. The number of nitrogens with zero attached hydrogens (tertiary/aromatic N) is 2. The summed E-state index contributed by atoms with van der Waals surface area (Å²) < 4.78 is 29.2. The van der Waals surface area contributed by atoms with Crippen molar-refractivity contribution < 1.29 is 8.42 Å². The second-order valence-corrected chi connectivity index (χ2v) is 8.84. The van der Waals surface area contributed by atoms with Crippen molar-refractivity contribution in [2.75, 3.05) is 13.1 Å². The van der Waals surface area contributed by atoms with E-state index >= 15 is 0 Å². The van der Waals surface area contributed by atoms with Gasteiger partial charge >= 0.3 is 0 Å². The van der Waals surface area contributed by atoms with Crippen molar-refractivity contribution in [1.82, 2.24) is 8.87 Å². The molecule has 3 aromatic rings. The van der Waals surface area contributed by atoms with Crippen LogP contribution in [0.4, 0.5) is 0 Å². The van der Waals surface area contributed by atoms with Crippen LogP contribution < -0.4 is 0 Å². The predicted molar refractivity (Wildman–Crippen MR) is 106 cm³/mol. The highest BCUT2D eigenvalue weighted by molar-refractivity contribution is 7.89. The Morgan fingerprint density at radius 1 is 1.04 bits per heavy atom. The zero-order chi connectivity index (χ0) is 18.3. The molecule has 4 nitrogen and oxygen atoms in total. The molecule has 4 rings (SSSR count). The van der Waals surface area contributed by atoms with Gasteiger partial charge in [-0.1, -0.05) is 35.9 Å². The largest absolute Gasteiger partial charge is 0.350 e. The summed E-state index contributed by atoms with van der Waals surface area (Å²) >= 11 is 5.86. The van der Waals surface area contributed by atoms with Gasteiger partial charge in [-0.15, -0.1) is 0 Å². The van der Waals surface area contributed by atoms with E-state index in [-0.39, 0.29) is 4.90 Å². The van der Waals surface area contributed by atoms with Gasteiger partial charge in [0.1, 0.15) is 0 Å². The van der Waals surface area contributed by atoms with Crippen molar-refractivity contribution in [3.63, 3.8) is 0 Å². The summed E-state index contributed by atoms with van der Waals surface area (Å²) in [4.78, 5) is 0.281. The van der Waals surface area contributed by atoms with Gasteiger partial charge in [0.2, 0.25) is 10.0 Å². The molecule has 6 heteroatoms. The minimum atomic E-state index is -3.50. The summed E-state index contributed by atoms with van der Waals surface area (Å²) in [6, 6.07) is 14.6. The molecule has 0 fully saturated rings. The smallest absolute Gasteiger partial charge is 0.243 e. The van der Waals surface area contributed by atoms with E-state index in [1.165, 1.54) is 26.3 Å². The molecule has 0 spiro atoms. The molecule has 1 aliphatic rings. The van der Waals surface area contributed by atoms with E-state index in [0.29, 0.717) is 24.5 Å². The van der Waals surface area contributed by atoms with Crippen molar-refractivity contribution >= 4 is 38.1 Å². The minimum Gasteiger partial charge on any atom is -0.350 e. The molecule has 0 saturated heterocycles. The summed E-state index contributed by atoms with van der Waals surface area (Å²) in [7, 11) is -1.46. The SMILES string of the molecule is Cn1cc(C2=CCN(S(=O)(=O)c3ccc(Cl)cc3)CC2)c2ccccc21. The van der Waals surface area contributed by atoms with Gasteiger partial charge in [-0.2, -0.15) is 4.31 Å². The van der Waals surface area contributed by atoms with Gasteiger partial charge < -0.3 is 4.57 Å². The number of halogens is 1. The number of aryl methyl sites for hydroxylation is 1. The molecule has 0 saturated carbocycles. The molecule has 0 unspecified atom stereocenters. The number of hydrogen-bond donors (Lipinski definition) is 0. The van der Waals surface area contributed by atoms with Gasteiger partial charge in [0.05, 0.1) is 4.90 Å². The zero-order valence-corrected chi connectivity index (χ0v) is 16.0. The third-order valence-corrected chi connectivity index (χ3v) is 7.00. The Morgan fingerprint density at radius 3 is 2.46 bits per heavy atom. The van der Waals surface area contributed by atoms with E-state index in [9.17, 15) is 8.42 Å². The number of para-hydroxylation sites is 1. The Morgan fingerprint density at radius 2 is 1.77 bits per heavy atom. The number of aromatic nitrogens is 1. The van der Waals surface area contributed by atoms with Crippen LogP contribution in [-0.4, -0.2) is 30.4 Å². The van der Waals surface area contributed by atoms with Crippen LogP contribution >= 0.6 is 11.6 Å². The molecule has 0 amide bonds. The van der Waals surface area contributed by atoms with Crippen molar-refractivity contribution in [2.24, 2.45) is 7.05 Å². The summed E-state index contributed by atoms with van der Waals surface area (Å²) in [6.07, 6.45) is 4.85. The summed E-state index contributed by atoms with van der Waals surface area (Å²) in [6.45, 7) is 0.851. The molecule has 0 radical (unpaired) electrons. The molecular weight excluding hydrogens is 368 g/mol. The van der Waals surface area contributed by atoms with Crippen LogP contribution in [0.1, 0.15) is 12.0 Å². The number of hydrogen-bond acceptors (Lipinski definition) is 2. The van der Waals surface area contributed by atoms with Crippen molar-refractivity contribution in [3.05, 3.63) is 71.4 Å². The normalized spacial score (nSPS) is 16.0. The van der Waals surface area contributed by atoms with E-state index in [2.05, 4.69) is 22.9 Å². The van der Waals surface area contributed by atoms with Crippen LogP contribution in [0.2, 0.25) is 5.02 Å². The van der Waals surface area contributed by atoms with Gasteiger partial charge in [0, 0.05) is 47.8 Å². The Kier molecular flexibility index (Phi) is 4.39. The highest BCUT2D eigenvalue weighted by atomic mass is 35.5. The van der Waals surface area contributed by atoms with E-state index in [1.807, 2.05) is 25.3 Å². The summed E-state index contributed by atoms with van der Waals surface area (Å²) in [5.74, 6) is 0. The Hall–Kier alpha value is -2.08. The minimum absolute atomic E-state index is 0.281. The van der Waals surface area contributed by atoms with Crippen molar-refractivity contribution in [1.29, 1.82) is 0 Å². The van der Waals surface area contributed by atoms with E-state index in [1.54, 1.807) is 24.3 Å². The second-order valence-electron chi connectivity index (χ2n) is 6.47. The quantitative estimate of drug-likeness (QED) is 0.673. The molecule has 0 bridgehead atoms.